The molecule has 13 nitrogen and oxygen atoms in total. The largest absolute Gasteiger partial charge is 0.507 e. The highest BCUT2D eigenvalue weighted by atomic mass is 16.5. The van der Waals surface area contributed by atoms with Gasteiger partial charge in [0.1, 0.15) is 30.8 Å². The van der Waals surface area contributed by atoms with Gasteiger partial charge < -0.3 is 46.7 Å². The Morgan fingerprint density at radius 2 is 1.63 bits per heavy atom. The van der Waals surface area contributed by atoms with E-state index in [1.165, 1.54) is 18.2 Å². The number of nitrogens with one attached hydrogen (secondary N) is 4. The molecule has 3 aromatic carbocycles. The number of nitrogens with two attached hydrogens (primary N) is 1. The van der Waals surface area contributed by atoms with Gasteiger partial charge in [0.15, 0.2) is 0 Å². The molecule has 3 rings (SSSR count). The summed E-state index contributed by atoms with van der Waals surface area (Å²) in [5.74, 6) is -2.32. The van der Waals surface area contributed by atoms with Crippen LogP contribution in [0.25, 0.3) is 0 Å². The second-order valence-electron chi connectivity index (χ2n) is 8.64. The van der Waals surface area contributed by atoms with E-state index in [4.69, 9.17) is 15.2 Å². The van der Waals surface area contributed by atoms with Crippen LogP contribution < -0.4 is 31.7 Å². The van der Waals surface area contributed by atoms with Gasteiger partial charge in [0, 0.05) is 24.8 Å². The van der Waals surface area contributed by atoms with Crippen molar-refractivity contribution in [2.75, 3.05) is 25.4 Å². The minimum Gasteiger partial charge on any atom is -0.507 e. The zero-order chi connectivity index (χ0) is 29.6. The molecule has 0 radical (unpaired) electrons. The summed E-state index contributed by atoms with van der Waals surface area (Å²) in [5.41, 5.74) is 7.79. The van der Waals surface area contributed by atoms with Gasteiger partial charge in [-0.2, -0.15) is 0 Å². The van der Waals surface area contributed by atoms with E-state index < -0.39 is 42.3 Å². The molecule has 8 N–H and O–H groups in total. The third-order valence-electron chi connectivity index (χ3n) is 5.63. The Hall–Kier alpha value is -5.46. The highest BCUT2D eigenvalue weighted by molar-refractivity contribution is 5.97. The molecular formula is C28H31N5O8. The van der Waals surface area contributed by atoms with Gasteiger partial charge >= 0.3 is 18.1 Å². The average Bonchev–Trinajstić information content (AvgIpc) is 2.96. The maximum atomic E-state index is 12.5. The van der Waals surface area contributed by atoms with Crippen molar-refractivity contribution < 1.29 is 38.9 Å². The lowest BCUT2D eigenvalue weighted by molar-refractivity contribution is -0.139. The maximum absolute atomic E-state index is 12.5. The Bertz CT molecular complexity index is 1350. The Balaban J connectivity index is 1.39. The maximum Gasteiger partial charge on any atom is 0.408 e. The number of hydrogen-bond acceptors (Lipinski definition) is 8. The fraction of sp³-hybridized carbons (Fsp3) is 0.214. The molecule has 0 bridgehead atoms. The summed E-state index contributed by atoms with van der Waals surface area (Å²) >= 11 is 0. The van der Waals surface area contributed by atoms with Gasteiger partial charge in [0.05, 0.1) is 12.1 Å². The van der Waals surface area contributed by atoms with E-state index in [-0.39, 0.29) is 37.6 Å². The summed E-state index contributed by atoms with van der Waals surface area (Å²) in [6.07, 6.45) is -0.965. The minimum atomic E-state index is -1.47. The number of carboxylic acids is 1. The molecule has 0 aliphatic carbocycles. The molecule has 0 saturated heterocycles. The van der Waals surface area contributed by atoms with Gasteiger partial charge in [0.2, 0.25) is 0 Å². The number of alkyl carbamates (subject to hydrolysis) is 1. The van der Waals surface area contributed by atoms with Gasteiger partial charge in [-0.05, 0) is 29.3 Å². The number of carbonyl (C=O) groups is 4. The standard InChI is InChI=1S/C28H31N5O8/c29-22-9-5-4-8-19(22)15-32-27(38)30-12-13-40-20-10-11-21(24(34)14-20)25(35)31-16-23(26(36)37)33-28(39)41-17-18-6-2-1-3-7-18/h1-11,14,23,34H,12-13,15-17,29H2,(H,31,35)(H,33,39)(H,36,37)(H2,30,32,38)/t23-/m0/s1. The number of amides is 4. The van der Waals surface area contributed by atoms with Crippen molar-refractivity contribution in [1.82, 2.24) is 21.3 Å². The molecule has 0 heterocycles. The van der Waals surface area contributed by atoms with Crippen molar-refractivity contribution in [2.24, 2.45) is 0 Å². The number of phenols is 1. The molecule has 3 aromatic rings. The lowest BCUT2D eigenvalue weighted by Crippen LogP contribution is -2.48. The highest BCUT2D eigenvalue weighted by Gasteiger charge is 2.22. The minimum absolute atomic E-state index is 0.0548. The van der Waals surface area contributed by atoms with Crippen molar-refractivity contribution in [3.8, 4) is 11.5 Å². The van der Waals surface area contributed by atoms with Gasteiger partial charge in [-0.3, -0.25) is 4.79 Å². The third-order valence-corrected chi connectivity index (χ3v) is 5.63. The SMILES string of the molecule is Nc1ccccc1CNC(=O)NCCOc1ccc(C(=O)NC[C@H](NC(=O)OCc2ccccc2)C(=O)O)c(O)c1. The summed E-state index contributed by atoms with van der Waals surface area (Å²) in [7, 11) is 0. The number of urea groups is 1. The molecule has 216 valence electrons. The third kappa shape index (κ3) is 9.98. The number of aromatic hydroxyl groups is 1. The molecule has 0 unspecified atom stereocenters. The van der Waals surface area contributed by atoms with Crippen LogP contribution in [0, 0.1) is 0 Å². The number of carbonyl (C=O) groups excluding carboxylic acids is 3. The number of carboxylic acid groups (broad SMARTS) is 1. The first-order valence-electron chi connectivity index (χ1n) is 12.5. The van der Waals surface area contributed by atoms with Crippen LogP contribution >= 0.6 is 0 Å². The number of rotatable bonds is 13. The van der Waals surface area contributed by atoms with E-state index in [9.17, 15) is 29.4 Å². The highest BCUT2D eigenvalue weighted by Crippen LogP contribution is 2.23. The van der Waals surface area contributed by atoms with Crippen molar-refractivity contribution in [3.05, 3.63) is 89.5 Å². The average molecular weight is 566 g/mol. The van der Waals surface area contributed by atoms with Crippen LogP contribution in [0.5, 0.6) is 11.5 Å². The van der Waals surface area contributed by atoms with Crippen LogP contribution in [0.1, 0.15) is 21.5 Å². The van der Waals surface area contributed by atoms with Crippen molar-refractivity contribution in [3.63, 3.8) is 0 Å². The number of para-hydroxylation sites is 1. The van der Waals surface area contributed by atoms with Crippen LogP contribution in [0.15, 0.2) is 72.8 Å². The second kappa shape index (κ2) is 15.2. The van der Waals surface area contributed by atoms with Crippen molar-refractivity contribution >= 4 is 29.7 Å². The van der Waals surface area contributed by atoms with E-state index in [2.05, 4.69) is 21.3 Å². The summed E-state index contributed by atoms with van der Waals surface area (Å²) in [6.45, 7) is -0.00924. The number of benzene rings is 3. The summed E-state index contributed by atoms with van der Waals surface area (Å²) in [6, 6.07) is 18.0. The molecule has 13 heteroatoms. The van der Waals surface area contributed by atoms with Gasteiger partial charge in [-0.1, -0.05) is 48.5 Å². The molecule has 0 fully saturated rings. The zero-order valence-electron chi connectivity index (χ0n) is 22.0. The molecule has 0 saturated carbocycles. The predicted octanol–water partition coefficient (Wildman–Crippen LogP) is 1.96. The fourth-order valence-electron chi connectivity index (χ4n) is 3.46. The monoisotopic (exact) mass is 565 g/mol. The molecule has 41 heavy (non-hydrogen) atoms. The van der Waals surface area contributed by atoms with Crippen molar-refractivity contribution in [2.45, 2.75) is 19.2 Å². The molecular weight excluding hydrogens is 534 g/mol. The van der Waals surface area contributed by atoms with Crippen LogP contribution in [-0.4, -0.2) is 60.0 Å². The number of ether oxygens (including phenoxy) is 2. The number of hydrogen-bond donors (Lipinski definition) is 7. The number of phenolic OH excluding ortho intramolecular Hbond substituents is 1. The normalized spacial score (nSPS) is 11.0. The first-order chi connectivity index (χ1) is 19.7. The van der Waals surface area contributed by atoms with Gasteiger partial charge in [-0.15, -0.1) is 0 Å². The Labute approximate surface area is 235 Å². The zero-order valence-corrected chi connectivity index (χ0v) is 22.0. The van der Waals surface area contributed by atoms with Crippen molar-refractivity contribution in [1.29, 1.82) is 0 Å². The van der Waals surface area contributed by atoms with Crippen LogP contribution in [0.3, 0.4) is 0 Å². The quantitative estimate of drug-likeness (QED) is 0.119. The first kappa shape index (κ1) is 30.1. The Kier molecular flexibility index (Phi) is 11.2. The van der Waals surface area contributed by atoms with Gasteiger partial charge in [0.25, 0.3) is 5.91 Å². The number of aliphatic carboxylic acids is 1. The second-order valence-corrected chi connectivity index (χ2v) is 8.64. The molecule has 0 aromatic heterocycles. The van der Waals surface area contributed by atoms with Crippen LogP contribution in [-0.2, 0) is 22.7 Å². The van der Waals surface area contributed by atoms with Crippen LogP contribution in [0.4, 0.5) is 15.3 Å². The van der Waals surface area contributed by atoms with E-state index in [0.29, 0.717) is 5.69 Å². The predicted molar refractivity (Wildman–Crippen MR) is 148 cm³/mol. The van der Waals surface area contributed by atoms with E-state index in [0.717, 1.165) is 11.1 Å². The lowest BCUT2D eigenvalue weighted by atomic mass is 10.1. The summed E-state index contributed by atoms with van der Waals surface area (Å²) in [4.78, 5) is 48.0. The molecule has 0 aliphatic rings. The summed E-state index contributed by atoms with van der Waals surface area (Å²) < 4.78 is 10.5. The van der Waals surface area contributed by atoms with Gasteiger partial charge in [-0.25, -0.2) is 14.4 Å². The molecule has 1 atom stereocenters. The number of anilines is 1. The number of nitrogen functional groups attached to an aromatic ring is 1. The Morgan fingerprint density at radius 3 is 2.34 bits per heavy atom. The molecule has 0 spiro atoms. The Morgan fingerprint density at radius 1 is 0.902 bits per heavy atom. The van der Waals surface area contributed by atoms with E-state index in [1.807, 2.05) is 6.07 Å². The lowest BCUT2D eigenvalue weighted by Gasteiger charge is -2.16. The first-order valence-corrected chi connectivity index (χ1v) is 12.5. The smallest absolute Gasteiger partial charge is 0.408 e. The van der Waals surface area contributed by atoms with Crippen LogP contribution in [0.2, 0.25) is 0 Å². The topological polar surface area (TPSA) is 201 Å². The summed E-state index contributed by atoms with van der Waals surface area (Å²) in [5, 5.41) is 29.5. The van der Waals surface area contributed by atoms with E-state index >= 15 is 0 Å². The van der Waals surface area contributed by atoms with E-state index in [1.54, 1.807) is 48.5 Å². The molecule has 4 amide bonds. The molecule has 0 aliphatic heterocycles. The fourth-order valence-corrected chi connectivity index (χ4v) is 3.46.